The minimum absolute atomic E-state index is 0.105. The smallest absolute Gasteiger partial charge is 0.122 e. The molecule has 1 atom stereocenters. The van der Waals surface area contributed by atoms with Gasteiger partial charge in [-0.25, -0.2) is 0 Å². The van der Waals surface area contributed by atoms with Crippen LogP contribution in [0.2, 0.25) is 0 Å². The summed E-state index contributed by atoms with van der Waals surface area (Å²) < 4.78 is 12.1. The van der Waals surface area contributed by atoms with Gasteiger partial charge in [0, 0.05) is 26.1 Å². The van der Waals surface area contributed by atoms with E-state index < -0.39 is 5.60 Å². The van der Waals surface area contributed by atoms with Crippen LogP contribution in [0.4, 0.5) is 0 Å². The number of ether oxygens (including phenoxy) is 2. The summed E-state index contributed by atoms with van der Waals surface area (Å²) in [6.07, 6.45) is 3.54. The molecule has 2 fully saturated rings. The van der Waals surface area contributed by atoms with Crippen molar-refractivity contribution in [1.82, 2.24) is 4.90 Å². The van der Waals surface area contributed by atoms with E-state index in [-0.39, 0.29) is 5.60 Å². The van der Waals surface area contributed by atoms with Crippen LogP contribution in [0.15, 0.2) is 18.2 Å². The van der Waals surface area contributed by atoms with Crippen LogP contribution in [0.1, 0.15) is 43.7 Å². The average molecular weight is 333 g/mol. The fourth-order valence-electron chi connectivity index (χ4n) is 3.99. The summed E-state index contributed by atoms with van der Waals surface area (Å²) in [4.78, 5) is 2.45. The molecule has 1 aromatic rings. The van der Waals surface area contributed by atoms with Crippen molar-refractivity contribution in [3.8, 4) is 5.75 Å². The van der Waals surface area contributed by atoms with Gasteiger partial charge in [0.1, 0.15) is 12.4 Å². The molecule has 24 heavy (non-hydrogen) atoms. The second-order valence-electron chi connectivity index (χ2n) is 7.84. The van der Waals surface area contributed by atoms with Crippen molar-refractivity contribution in [3.05, 3.63) is 29.3 Å². The fourth-order valence-corrected chi connectivity index (χ4v) is 3.99. The van der Waals surface area contributed by atoms with Gasteiger partial charge in [-0.05, 0) is 57.2 Å². The van der Waals surface area contributed by atoms with Gasteiger partial charge < -0.3 is 14.6 Å². The van der Waals surface area contributed by atoms with Crippen molar-refractivity contribution in [3.63, 3.8) is 0 Å². The summed E-state index contributed by atoms with van der Waals surface area (Å²) in [5.74, 6) is 0.996. The molecule has 0 saturated carbocycles. The number of rotatable bonds is 4. The number of nitrogens with zero attached hydrogens (tertiary/aromatic N) is 1. The Hall–Kier alpha value is -1.10. The van der Waals surface area contributed by atoms with Crippen molar-refractivity contribution in [2.75, 3.05) is 32.8 Å². The highest BCUT2D eigenvalue weighted by Crippen LogP contribution is 2.39. The van der Waals surface area contributed by atoms with Crippen molar-refractivity contribution in [2.24, 2.45) is 0 Å². The number of aliphatic hydroxyl groups is 1. The average Bonchev–Trinajstić information content (AvgIpc) is 2.52. The Balaban J connectivity index is 1.45. The summed E-state index contributed by atoms with van der Waals surface area (Å²) in [7, 11) is 0. The minimum atomic E-state index is -0.563. The maximum Gasteiger partial charge on any atom is 0.122 e. The van der Waals surface area contributed by atoms with Crippen molar-refractivity contribution in [2.45, 2.75) is 57.7 Å². The van der Waals surface area contributed by atoms with Gasteiger partial charge in [0.25, 0.3) is 0 Å². The van der Waals surface area contributed by atoms with Gasteiger partial charge in [-0.3, -0.25) is 4.90 Å². The monoisotopic (exact) mass is 333 g/mol. The first-order chi connectivity index (χ1) is 11.4. The lowest BCUT2D eigenvalue weighted by molar-refractivity contribution is -0.172. The van der Waals surface area contributed by atoms with Crippen molar-refractivity contribution >= 4 is 0 Å². The number of likely N-dealkylation sites (tertiary alicyclic amines) is 1. The maximum atomic E-state index is 10.4. The van der Waals surface area contributed by atoms with E-state index in [0.29, 0.717) is 6.61 Å². The number of hydrogen-bond donors (Lipinski definition) is 1. The van der Waals surface area contributed by atoms with Crippen LogP contribution in [0.25, 0.3) is 0 Å². The van der Waals surface area contributed by atoms with Crippen LogP contribution in [0.3, 0.4) is 0 Å². The van der Waals surface area contributed by atoms with Gasteiger partial charge in [0.05, 0.1) is 17.8 Å². The van der Waals surface area contributed by atoms with E-state index in [1.54, 1.807) is 0 Å². The lowest BCUT2D eigenvalue weighted by atomic mass is 9.78. The highest BCUT2D eigenvalue weighted by atomic mass is 16.5. The van der Waals surface area contributed by atoms with E-state index in [0.717, 1.165) is 57.7 Å². The first-order valence-electron chi connectivity index (χ1n) is 9.17. The van der Waals surface area contributed by atoms with Crippen LogP contribution in [-0.2, 0) is 4.74 Å². The molecule has 134 valence electrons. The van der Waals surface area contributed by atoms with Crippen LogP contribution < -0.4 is 4.74 Å². The number of benzene rings is 1. The van der Waals surface area contributed by atoms with E-state index >= 15 is 0 Å². The molecule has 2 saturated heterocycles. The highest BCUT2D eigenvalue weighted by Gasteiger charge is 2.44. The second-order valence-corrected chi connectivity index (χ2v) is 7.84. The Morgan fingerprint density at radius 1 is 1.21 bits per heavy atom. The lowest BCUT2D eigenvalue weighted by Crippen LogP contribution is -2.53. The SMILES string of the molecule is Cc1cccc(OCCN2CCC3(CC2)CC(C)(O)CCO3)c1C. The molecular weight excluding hydrogens is 302 g/mol. The number of piperidine rings is 1. The topological polar surface area (TPSA) is 41.9 Å². The zero-order chi connectivity index (χ0) is 17.2. The highest BCUT2D eigenvalue weighted by molar-refractivity contribution is 5.38. The molecule has 1 N–H and O–H groups in total. The van der Waals surface area contributed by atoms with Crippen molar-refractivity contribution in [1.29, 1.82) is 0 Å². The van der Waals surface area contributed by atoms with E-state index in [1.165, 1.54) is 11.1 Å². The van der Waals surface area contributed by atoms with Gasteiger partial charge in [-0.1, -0.05) is 12.1 Å². The second kappa shape index (κ2) is 7.03. The Labute approximate surface area is 145 Å². The zero-order valence-corrected chi connectivity index (χ0v) is 15.3. The third-order valence-electron chi connectivity index (χ3n) is 5.74. The molecule has 0 amide bonds. The summed E-state index contributed by atoms with van der Waals surface area (Å²) >= 11 is 0. The Morgan fingerprint density at radius 2 is 1.96 bits per heavy atom. The Kier molecular flexibility index (Phi) is 5.19. The van der Waals surface area contributed by atoms with Crippen LogP contribution in [0, 0.1) is 13.8 Å². The Bertz CT molecular complexity index is 562. The first-order valence-corrected chi connectivity index (χ1v) is 9.17. The zero-order valence-electron chi connectivity index (χ0n) is 15.3. The third-order valence-corrected chi connectivity index (χ3v) is 5.74. The summed E-state index contributed by atoms with van der Waals surface area (Å²) in [6, 6.07) is 6.21. The van der Waals surface area contributed by atoms with Crippen LogP contribution in [-0.4, -0.2) is 54.1 Å². The normalized spacial score (nSPS) is 27.3. The van der Waals surface area contributed by atoms with Crippen LogP contribution >= 0.6 is 0 Å². The molecule has 1 spiro atoms. The molecule has 1 aromatic carbocycles. The van der Waals surface area contributed by atoms with E-state index in [2.05, 4.69) is 30.9 Å². The molecule has 2 aliphatic rings. The van der Waals surface area contributed by atoms with Crippen LogP contribution in [0.5, 0.6) is 5.75 Å². The molecule has 0 aromatic heterocycles. The molecule has 1 unspecified atom stereocenters. The quantitative estimate of drug-likeness (QED) is 0.919. The summed E-state index contributed by atoms with van der Waals surface area (Å²) in [5, 5.41) is 10.4. The van der Waals surface area contributed by atoms with Crippen molar-refractivity contribution < 1.29 is 14.6 Å². The number of aryl methyl sites for hydroxylation is 1. The van der Waals surface area contributed by atoms with E-state index in [1.807, 2.05) is 13.0 Å². The van der Waals surface area contributed by atoms with Gasteiger partial charge in [0.15, 0.2) is 0 Å². The molecule has 4 heteroatoms. The lowest BCUT2D eigenvalue weighted by Gasteiger charge is -2.48. The van der Waals surface area contributed by atoms with Gasteiger partial charge >= 0.3 is 0 Å². The molecule has 4 nitrogen and oxygen atoms in total. The predicted molar refractivity (Wildman–Crippen MR) is 95.6 cm³/mol. The maximum absolute atomic E-state index is 10.4. The molecule has 2 aliphatic heterocycles. The van der Waals surface area contributed by atoms with Gasteiger partial charge in [-0.15, -0.1) is 0 Å². The number of hydrogen-bond acceptors (Lipinski definition) is 4. The standard InChI is InChI=1S/C20H31NO3/c1-16-5-4-6-18(17(16)2)23-14-12-21-10-7-20(8-11-21)15-19(3,22)9-13-24-20/h4-6,22H,7-15H2,1-3H3. The molecule has 3 rings (SSSR count). The van der Waals surface area contributed by atoms with Gasteiger partial charge in [-0.2, -0.15) is 0 Å². The summed E-state index contributed by atoms with van der Waals surface area (Å²) in [6.45, 7) is 10.6. The van der Waals surface area contributed by atoms with Gasteiger partial charge in [0.2, 0.25) is 0 Å². The minimum Gasteiger partial charge on any atom is -0.492 e. The fraction of sp³-hybridized carbons (Fsp3) is 0.700. The molecule has 0 aliphatic carbocycles. The first kappa shape index (κ1) is 17.7. The molecule has 0 bridgehead atoms. The Morgan fingerprint density at radius 3 is 2.67 bits per heavy atom. The predicted octanol–water partition coefficient (Wildman–Crippen LogP) is 3.08. The molecule has 0 radical (unpaired) electrons. The molecular formula is C20H31NO3. The summed E-state index contributed by atoms with van der Waals surface area (Å²) in [5.41, 5.74) is 1.83. The molecule has 2 heterocycles. The van der Waals surface area contributed by atoms with E-state index in [9.17, 15) is 5.11 Å². The largest absolute Gasteiger partial charge is 0.492 e. The third kappa shape index (κ3) is 4.11. The van der Waals surface area contributed by atoms with E-state index in [4.69, 9.17) is 9.47 Å².